The fraction of sp³-hybridized carbons (Fsp3) is 0.727. The normalized spacial score (nSPS) is 24.1. The molecule has 0 saturated carbocycles. The summed E-state index contributed by atoms with van der Waals surface area (Å²) in [7, 11) is 3.79. The predicted octanol–water partition coefficient (Wildman–Crippen LogP) is 0.754. The zero-order valence-corrected chi connectivity index (χ0v) is 10.9. The standard InChI is InChI=1S/C11H20N6/c1-7-5-8(2)17(6-7)11-14-9(12)13-10(15-11)16(3)4/h7-8H,5-6H2,1-4H3,(H2,12,13,14,15). The van der Waals surface area contributed by atoms with E-state index in [1.807, 2.05) is 19.0 Å². The van der Waals surface area contributed by atoms with E-state index in [-0.39, 0.29) is 5.95 Å². The first-order valence-corrected chi connectivity index (χ1v) is 5.93. The van der Waals surface area contributed by atoms with Crippen LogP contribution < -0.4 is 15.5 Å². The minimum absolute atomic E-state index is 0.283. The maximum Gasteiger partial charge on any atom is 0.232 e. The Kier molecular flexibility index (Phi) is 3.04. The van der Waals surface area contributed by atoms with Crippen LogP contribution in [0, 0.1) is 5.92 Å². The minimum Gasteiger partial charge on any atom is -0.368 e. The summed E-state index contributed by atoms with van der Waals surface area (Å²) in [6, 6.07) is 0.460. The Morgan fingerprint density at radius 1 is 1.24 bits per heavy atom. The molecule has 94 valence electrons. The zero-order valence-electron chi connectivity index (χ0n) is 10.9. The third-order valence-corrected chi connectivity index (χ3v) is 3.07. The van der Waals surface area contributed by atoms with Gasteiger partial charge >= 0.3 is 0 Å². The molecule has 0 bridgehead atoms. The minimum atomic E-state index is 0.283. The lowest BCUT2D eigenvalue weighted by molar-refractivity contribution is 0.624. The highest BCUT2D eigenvalue weighted by atomic mass is 15.4. The van der Waals surface area contributed by atoms with Crippen LogP contribution in [0.5, 0.6) is 0 Å². The average Bonchev–Trinajstić information content (AvgIpc) is 2.57. The van der Waals surface area contributed by atoms with E-state index in [1.54, 1.807) is 0 Å². The smallest absolute Gasteiger partial charge is 0.232 e. The van der Waals surface area contributed by atoms with Crippen molar-refractivity contribution in [3.05, 3.63) is 0 Å². The van der Waals surface area contributed by atoms with Gasteiger partial charge in [0.2, 0.25) is 17.8 Å². The molecule has 1 fully saturated rings. The van der Waals surface area contributed by atoms with Gasteiger partial charge in [0, 0.05) is 26.7 Å². The lowest BCUT2D eigenvalue weighted by Gasteiger charge is -2.22. The van der Waals surface area contributed by atoms with Crippen molar-refractivity contribution in [2.24, 2.45) is 5.92 Å². The molecule has 2 rings (SSSR count). The van der Waals surface area contributed by atoms with Crippen LogP contribution in [0.25, 0.3) is 0 Å². The van der Waals surface area contributed by atoms with E-state index in [2.05, 4.69) is 33.7 Å². The van der Waals surface area contributed by atoms with Gasteiger partial charge in [0.15, 0.2) is 0 Å². The molecule has 6 heteroatoms. The van der Waals surface area contributed by atoms with Crippen LogP contribution in [-0.2, 0) is 0 Å². The Morgan fingerprint density at radius 2 is 1.94 bits per heavy atom. The molecule has 1 saturated heterocycles. The molecule has 2 N–H and O–H groups in total. The summed E-state index contributed by atoms with van der Waals surface area (Å²) >= 11 is 0. The van der Waals surface area contributed by atoms with Gasteiger partial charge in [-0.2, -0.15) is 15.0 Å². The highest BCUT2D eigenvalue weighted by Crippen LogP contribution is 2.27. The van der Waals surface area contributed by atoms with Crippen molar-refractivity contribution in [3.8, 4) is 0 Å². The molecule has 2 atom stereocenters. The summed E-state index contributed by atoms with van der Waals surface area (Å²) in [5.74, 6) is 2.26. The summed E-state index contributed by atoms with van der Waals surface area (Å²) in [4.78, 5) is 16.8. The predicted molar refractivity (Wildman–Crippen MR) is 69.2 cm³/mol. The second kappa shape index (κ2) is 4.35. The lowest BCUT2D eigenvalue weighted by atomic mass is 10.1. The maximum absolute atomic E-state index is 5.73. The van der Waals surface area contributed by atoms with Crippen LogP contribution in [-0.4, -0.2) is 41.6 Å². The molecule has 1 aromatic rings. The van der Waals surface area contributed by atoms with Gasteiger partial charge in [0.25, 0.3) is 0 Å². The Morgan fingerprint density at radius 3 is 2.47 bits per heavy atom. The molecule has 0 aromatic carbocycles. The SMILES string of the molecule is CC1CC(C)N(c2nc(N)nc(N(C)C)n2)C1. The van der Waals surface area contributed by atoms with Gasteiger partial charge in [-0.25, -0.2) is 0 Å². The van der Waals surface area contributed by atoms with Crippen molar-refractivity contribution in [1.82, 2.24) is 15.0 Å². The van der Waals surface area contributed by atoms with Gasteiger partial charge in [-0.15, -0.1) is 0 Å². The molecular formula is C11H20N6. The first-order chi connectivity index (χ1) is 7.97. The van der Waals surface area contributed by atoms with Gasteiger partial charge in [-0.1, -0.05) is 6.92 Å². The van der Waals surface area contributed by atoms with Gasteiger partial charge in [-0.3, -0.25) is 0 Å². The van der Waals surface area contributed by atoms with Crippen LogP contribution in [0.3, 0.4) is 0 Å². The number of rotatable bonds is 2. The van der Waals surface area contributed by atoms with Crippen LogP contribution in [0.15, 0.2) is 0 Å². The molecule has 6 nitrogen and oxygen atoms in total. The third-order valence-electron chi connectivity index (χ3n) is 3.07. The van der Waals surface area contributed by atoms with E-state index >= 15 is 0 Å². The fourth-order valence-corrected chi connectivity index (χ4v) is 2.28. The summed E-state index contributed by atoms with van der Waals surface area (Å²) in [6.07, 6.45) is 1.17. The van der Waals surface area contributed by atoms with Crippen molar-refractivity contribution in [1.29, 1.82) is 0 Å². The van der Waals surface area contributed by atoms with E-state index in [9.17, 15) is 0 Å². The molecule has 17 heavy (non-hydrogen) atoms. The molecule has 0 radical (unpaired) electrons. The number of hydrogen-bond acceptors (Lipinski definition) is 6. The molecular weight excluding hydrogens is 216 g/mol. The summed E-state index contributed by atoms with van der Waals surface area (Å²) in [5, 5.41) is 0. The Hall–Kier alpha value is -1.59. The van der Waals surface area contributed by atoms with Crippen LogP contribution in [0.4, 0.5) is 17.8 Å². The van der Waals surface area contributed by atoms with Crippen LogP contribution in [0.1, 0.15) is 20.3 Å². The van der Waals surface area contributed by atoms with Gasteiger partial charge < -0.3 is 15.5 Å². The number of nitrogen functional groups attached to an aromatic ring is 1. The van der Waals surface area contributed by atoms with Crippen molar-refractivity contribution < 1.29 is 0 Å². The lowest BCUT2D eigenvalue weighted by Crippen LogP contribution is -2.30. The molecule has 1 aliphatic heterocycles. The highest BCUT2D eigenvalue weighted by Gasteiger charge is 2.28. The first-order valence-electron chi connectivity index (χ1n) is 5.93. The number of nitrogens with zero attached hydrogens (tertiary/aromatic N) is 5. The van der Waals surface area contributed by atoms with E-state index in [1.165, 1.54) is 6.42 Å². The van der Waals surface area contributed by atoms with E-state index < -0.39 is 0 Å². The Bertz CT molecular complexity index is 405. The van der Waals surface area contributed by atoms with Gasteiger partial charge in [0.05, 0.1) is 0 Å². The zero-order chi connectivity index (χ0) is 12.6. The van der Waals surface area contributed by atoms with E-state index in [4.69, 9.17) is 5.73 Å². The topological polar surface area (TPSA) is 71.2 Å². The number of aromatic nitrogens is 3. The quantitative estimate of drug-likeness (QED) is 0.817. The fourth-order valence-electron chi connectivity index (χ4n) is 2.28. The van der Waals surface area contributed by atoms with Crippen molar-refractivity contribution in [2.45, 2.75) is 26.3 Å². The first kappa shape index (κ1) is 11.9. The molecule has 0 aliphatic carbocycles. The molecule has 1 aromatic heterocycles. The van der Waals surface area contributed by atoms with Crippen molar-refractivity contribution in [3.63, 3.8) is 0 Å². The molecule has 2 unspecified atom stereocenters. The van der Waals surface area contributed by atoms with E-state index in [0.29, 0.717) is 23.9 Å². The van der Waals surface area contributed by atoms with Crippen LogP contribution >= 0.6 is 0 Å². The Labute approximate surface area is 102 Å². The molecule has 0 amide bonds. The van der Waals surface area contributed by atoms with E-state index in [0.717, 1.165) is 6.54 Å². The second-order valence-electron chi connectivity index (χ2n) is 5.03. The van der Waals surface area contributed by atoms with Crippen molar-refractivity contribution >= 4 is 17.8 Å². The van der Waals surface area contributed by atoms with Crippen molar-refractivity contribution in [2.75, 3.05) is 36.2 Å². The monoisotopic (exact) mass is 236 g/mol. The maximum atomic E-state index is 5.73. The highest BCUT2D eigenvalue weighted by molar-refractivity contribution is 5.44. The van der Waals surface area contributed by atoms with Gasteiger partial charge in [-0.05, 0) is 19.3 Å². The second-order valence-corrected chi connectivity index (χ2v) is 5.03. The number of hydrogen-bond donors (Lipinski definition) is 1. The summed E-state index contributed by atoms with van der Waals surface area (Å²) in [6.45, 7) is 5.42. The largest absolute Gasteiger partial charge is 0.368 e. The van der Waals surface area contributed by atoms with Crippen LogP contribution in [0.2, 0.25) is 0 Å². The number of nitrogens with two attached hydrogens (primary N) is 1. The summed E-state index contributed by atoms with van der Waals surface area (Å²) in [5.41, 5.74) is 5.73. The molecule has 0 spiro atoms. The average molecular weight is 236 g/mol. The molecule has 2 heterocycles. The van der Waals surface area contributed by atoms with Gasteiger partial charge in [0.1, 0.15) is 0 Å². The summed E-state index contributed by atoms with van der Waals surface area (Å²) < 4.78 is 0. The number of anilines is 3. The Balaban J connectivity index is 2.32. The molecule has 1 aliphatic rings. The third kappa shape index (κ3) is 2.40.